The minimum Gasteiger partial charge on any atom is -0.394 e. The minimum absolute atomic E-state index is 0.0214. The molecule has 1 fully saturated rings. The van der Waals surface area contributed by atoms with E-state index < -0.39 is 0 Å². The fourth-order valence-corrected chi connectivity index (χ4v) is 2.74. The van der Waals surface area contributed by atoms with Gasteiger partial charge in [0.25, 0.3) is 5.91 Å². The second-order valence-electron chi connectivity index (χ2n) is 5.11. The van der Waals surface area contributed by atoms with E-state index in [2.05, 4.69) is 21.2 Å². The molecule has 1 aliphatic heterocycles. The Hall–Kier alpha value is -1.40. The van der Waals surface area contributed by atoms with Gasteiger partial charge in [0.05, 0.1) is 19.2 Å². The van der Waals surface area contributed by atoms with Crippen LogP contribution in [0.1, 0.15) is 29.6 Å². The van der Waals surface area contributed by atoms with Crippen LogP contribution in [-0.4, -0.2) is 47.6 Å². The van der Waals surface area contributed by atoms with E-state index in [0.717, 1.165) is 23.7 Å². The third kappa shape index (κ3) is 4.28. The smallest absolute Gasteiger partial charge is 0.251 e. The first-order valence-corrected chi connectivity index (χ1v) is 7.85. The first-order valence-electron chi connectivity index (χ1n) is 7.06. The molecular formula is C15H19BrN2O3. The molecule has 0 aromatic heterocycles. The van der Waals surface area contributed by atoms with Gasteiger partial charge in [-0.05, 0) is 43.5 Å². The monoisotopic (exact) mass is 354 g/mol. The van der Waals surface area contributed by atoms with E-state index in [9.17, 15) is 14.7 Å². The number of rotatable bonds is 4. The fourth-order valence-electron chi connectivity index (χ4n) is 2.48. The summed E-state index contributed by atoms with van der Waals surface area (Å²) in [6.07, 6.45) is 2.80. The highest BCUT2D eigenvalue weighted by molar-refractivity contribution is 9.10. The maximum Gasteiger partial charge on any atom is 0.251 e. The predicted molar refractivity (Wildman–Crippen MR) is 82.9 cm³/mol. The zero-order chi connectivity index (χ0) is 15.2. The van der Waals surface area contributed by atoms with Crippen molar-refractivity contribution in [3.8, 4) is 0 Å². The first-order chi connectivity index (χ1) is 10.1. The number of hydrogen-bond donors (Lipinski definition) is 2. The van der Waals surface area contributed by atoms with Crippen LogP contribution in [0.25, 0.3) is 0 Å². The molecule has 5 nitrogen and oxygen atoms in total. The van der Waals surface area contributed by atoms with Gasteiger partial charge in [0, 0.05) is 16.6 Å². The Balaban J connectivity index is 1.88. The molecule has 2 amide bonds. The maximum absolute atomic E-state index is 12.1. The average Bonchev–Trinajstić information content (AvgIpc) is 2.52. The summed E-state index contributed by atoms with van der Waals surface area (Å²) in [4.78, 5) is 25.8. The number of hydrogen-bond acceptors (Lipinski definition) is 3. The number of halogens is 1. The summed E-state index contributed by atoms with van der Waals surface area (Å²) in [5.74, 6) is -0.410. The maximum atomic E-state index is 12.1. The number of likely N-dealkylation sites (tertiary alicyclic amines) is 1. The Labute approximate surface area is 132 Å². The van der Waals surface area contributed by atoms with E-state index in [1.165, 1.54) is 0 Å². The van der Waals surface area contributed by atoms with E-state index in [1.54, 1.807) is 29.2 Å². The van der Waals surface area contributed by atoms with E-state index >= 15 is 0 Å². The largest absolute Gasteiger partial charge is 0.394 e. The van der Waals surface area contributed by atoms with E-state index in [-0.39, 0.29) is 31.0 Å². The molecule has 0 saturated carbocycles. The first kappa shape index (κ1) is 16.0. The van der Waals surface area contributed by atoms with Crippen molar-refractivity contribution in [3.63, 3.8) is 0 Å². The van der Waals surface area contributed by atoms with Gasteiger partial charge in [-0.1, -0.05) is 15.9 Å². The van der Waals surface area contributed by atoms with Gasteiger partial charge in [0.2, 0.25) is 5.91 Å². The van der Waals surface area contributed by atoms with Crippen molar-refractivity contribution >= 4 is 27.7 Å². The molecule has 1 heterocycles. The number of amides is 2. The van der Waals surface area contributed by atoms with E-state index in [4.69, 9.17) is 0 Å². The van der Waals surface area contributed by atoms with Gasteiger partial charge in [-0.15, -0.1) is 0 Å². The quantitative estimate of drug-likeness (QED) is 0.861. The van der Waals surface area contributed by atoms with Crippen LogP contribution in [0.5, 0.6) is 0 Å². The van der Waals surface area contributed by atoms with E-state index in [1.807, 2.05) is 0 Å². The van der Waals surface area contributed by atoms with Crippen molar-refractivity contribution in [2.45, 2.75) is 25.3 Å². The molecule has 21 heavy (non-hydrogen) atoms. The topological polar surface area (TPSA) is 69.6 Å². The summed E-state index contributed by atoms with van der Waals surface area (Å²) in [5.41, 5.74) is 0.517. The molecule has 0 aliphatic carbocycles. The standard InChI is InChI=1S/C15H19BrN2O3/c16-12-6-4-11(5-7-12)15(21)17-9-14(20)18-8-2-1-3-13(18)10-19/h4-7,13,19H,1-3,8-10H2,(H,17,21). The molecule has 0 bridgehead atoms. The zero-order valence-electron chi connectivity index (χ0n) is 11.7. The number of nitrogens with one attached hydrogen (secondary N) is 1. The van der Waals surface area contributed by atoms with E-state index in [0.29, 0.717) is 12.1 Å². The summed E-state index contributed by atoms with van der Waals surface area (Å²) in [6.45, 7) is 0.593. The van der Waals surface area contributed by atoms with Crippen LogP contribution < -0.4 is 5.32 Å². The Bertz CT molecular complexity index is 504. The van der Waals surface area contributed by atoms with Gasteiger partial charge >= 0.3 is 0 Å². The number of carbonyl (C=O) groups is 2. The van der Waals surface area contributed by atoms with Crippen LogP contribution in [0.3, 0.4) is 0 Å². The summed E-state index contributed by atoms with van der Waals surface area (Å²) >= 11 is 3.31. The third-order valence-corrected chi connectivity index (χ3v) is 4.19. The lowest BCUT2D eigenvalue weighted by Crippen LogP contribution is -2.49. The molecule has 1 aromatic carbocycles. The third-order valence-electron chi connectivity index (χ3n) is 3.66. The molecule has 1 unspecified atom stereocenters. The molecule has 114 valence electrons. The molecule has 2 rings (SSSR count). The summed E-state index contributed by atoms with van der Waals surface area (Å²) in [6, 6.07) is 6.84. The van der Waals surface area contributed by atoms with Gasteiger partial charge in [-0.3, -0.25) is 9.59 Å². The Kier molecular flexibility index (Phi) is 5.76. The minimum atomic E-state index is -0.270. The molecule has 2 N–H and O–H groups in total. The number of benzene rings is 1. The van der Waals surface area contributed by atoms with Crippen molar-refractivity contribution in [2.24, 2.45) is 0 Å². The SMILES string of the molecule is O=C(NCC(=O)N1CCCCC1CO)c1ccc(Br)cc1. The van der Waals surface area contributed by atoms with Crippen molar-refractivity contribution in [1.29, 1.82) is 0 Å². The summed E-state index contributed by atoms with van der Waals surface area (Å²) in [7, 11) is 0. The molecule has 1 aromatic rings. The van der Waals surface area contributed by atoms with Crippen LogP contribution in [0.15, 0.2) is 28.7 Å². The molecular weight excluding hydrogens is 336 g/mol. The second kappa shape index (κ2) is 7.56. The highest BCUT2D eigenvalue weighted by Gasteiger charge is 2.25. The number of nitrogens with zero attached hydrogens (tertiary/aromatic N) is 1. The summed E-state index contributed by atoms with van der Waals surface area (Å²) in [5, 5.41) is 11.9. The lowest BCUT2D eigenvalue weighted by molar-refractivity contribution is -0.134. The fraction of sp³-hybridized carbons (Fsp3) is 0.467. The molecule has 1 saturated heterocycles. The highest BCUT2D eigenvalue weighted by atomic mass is 79.9. The number of carbonyl (C=O) groups excluding carboxylic acids is 2. The molecule has 6 heteroatoms. The number of aliphatic hydroxyl groups is 1. The average molecular weight is 355 g/mol. The Morgan fingerprint density at radius 1 is 1.29 bits per heavy atom. The van der Waals surface area contributed by atoms with Crippen LogP contribution in [-0.2, 0) is 4.79 Å². The predicted octanol–water partition coefficient (Wildman–Crippen LogP) is 1.55. The lowest BCUT2D eigenvalue weighted by Gasteiger charge is -2.34. The number of piperidine rings is 1. The Morgan fingerprint density at radius 2 is 2.00 bits per heavy atom. The molecule has 0 spiro atoms. The van der Waals surface area contributed by atoms with Gasteiger partial charge < -0.3 is 15.3 Å². The van der Waals surface area contributed by atoms with Crippen LogP contribution >= 0.6 is 15.9 Å². The van der Waals surface area contributed by atoms with Gasteiger partial charge in [-0.25, -0.2) is 0 Å². The highest BCUT2D eigenvalue weighted by Crippen LogP contribution is 2.16. The molecule has 0 radical (unpaired) electrons. The zero-order valence-corrected chi connectivity index (χ0v) is 13.3. The van der Waals surface area contributed by atoms with Crippen molar-refractivity contribution in [2.75, 3.05) is 19.7 Å². The van der Waals surface area contributed by atoms with Crippen LogP contribution in [0.4, 0.5) is 0 Å². The Morgan fingerprint density at radius 3 is 2.67 bits per heavy atom. The van der Waals surface area contributed by atoms with Gasteiger partial charge in [-0.2, -0.15) is 0 Å². The summed E-state index contributed by atoms with van der Waals surface area (Å²) < 4.78 is 0.897. The van der Waals surface area contributed by atoms with Gasteiger partial charge in [0.15, 0.2) is 0 Å². The van der Waals surface area contributed by atoms with Crippen molar-refractivity contribution < 1.29 is 14.7 Å². The second-order valence-corrected chi connectivity index (χ2v) is 6.02. The van der Waals surface area contributed by atoms with Gasteiger partial charge in [0.1, 0.15) is 0 Å². The molecule has 1 atom stereocenters. The lowest BCUT2D eigenvalue weighted by atomic mass is 10.0. The van der Waals surface area contributed by atoms with Crippen molar-refractivity contribution in [1.82, 2.24) is 10.2 Å². The van der Waals surface area contributed by atoms with Crippen LogP contribution in [0.2, 0.25) is 0 Å². The molecule has 1 aliphatic rings. The van der Waals surface area contributed by atoms with Crippen LogP contribution in [0, 0.1) is 0 Å². The van der Waals surface area contributed by atoms with Crippen molar-refractivity contribution in [3.05, 3.63) is 34.3 Å². The normalized spacial score (nSPS) is 18.4. The number of aliphatic hydroxyl groups excluding tert-OH is 1.